The van der Waals surface area contributed by atoms with Crippen molar-refractivity contribution in [2.45, 2.75) is 30.9 Å². The number of aliphatic hydroxyl groups excluding tert-OH is 1. The van der Waals surface area contributed by atoms with Crippen LogP contribution in [0.25, 0.3) is 0 Å². The fourth-order valence-corrected chi connectivity index (χ4v) is 5.84. The smallest absolute Gasteiger partial charge is 0.256 e. The predicted molar refractivity (Wildman–Crippen MR) is 139 cm³/mol. The first-order chi connectivity index (χ1) is 17.4. The molecule has 0 saturated carbocycles. The highest BCUT2D eigenvalue weighted by molar-refractivity contribution is 7.89. The minimum Gasteiger partial charge on any atom is -0.487 e. The molecule has 10 heteroatoms. The zero-order valence-corrected chi connectivity index (χ0v) is 22.6. The number of aliphatic hydroxyl groups is 1. The normalized spacial score (nSPS) is 20.0. The Hall–Kier alpha value is -2.97. The minimum atomic E-state index is -3.99. The zero-order chi connectivity index (χ0) is 27.3. The van der Waals surface area contributed by atoms with Crippen LogP contribution in [0.2, 0.25) is 0 Å². The molecule has 200 valence electrons. The molecule has 1 amide bonds. The van der Waals surface area contributed by atoms with Gasteiger partial charge < -0.3 is 14.7 Å². The zero-order valence-electron chi connectivity index (χ0n) is 21.8. The molecule has 1 N–H and O–H groups in total. The van der Waals surface area contributed by atoms with E-state index in [1.54, 1.807) is 32.2 Å². The van der Waals surface area contributed by atoms with Crippen molar-refractivity contribution in [1.29, 1.82) is 0 Å². The van der Waals surface area contributed by atoms with Crippen LogP contribution in [0.5, 0.6) is 5.75 Å². The van der Waals surface area contributed by atoms with Gasteiger partial charge in [-0.1, -0.05) is 30.9 Å². The molecule has 0 radical (unpaired) electrons. The summed E-state index contributed by atoms with van der Waals surface area (Å²) in [6.45, 7) is 3.79. The van der Waals surface area contributed by atoms with Gasteiger partial charge in [0.2, 0.25) is 10.0 Å². The molecule has 0 spiro atoms. The maximum atomic E-state index is 14.2. The summed E-state index contributed by atoms with van der Waals surface area (Å²) in [7, 11) is 1.35. The first kappa shape index (κ1) is 28.6. The summed E-state index contributed by atoms with van der Waals surface area (Å²) < 4.78 is 48.9. The molecule has 0 fully saturated rings. The van der Waals surface area contributed by atoms with E-state index < -0.39 is 33.9 Å². The topological polar surface area (TPSA) is 90.4 Å². The van der Waals surface area contributed by atoms with E-state index >= 15 is 0 Å². The number of hydrogen-bond donors (Lipinski definition) is 1. The van der Waals surface area contributed by atoms with Crippen LogP contribution >= 0.6 is 0 Å². The number of likely N-dealkylation sites (N-methyl/N-ethyl adjacent to an activating group) is 1. The van der Waals surface area contributed by atoms with E-state index in [-0.39, 0.29) is 41.8 Å². The molecule has 0 unspecified atom stereocenters. The molecule has 2 aromatic rings. The van der Waals surface area contributed by atoms with Crippen molar-refractivity contribution in [3.63, 3.8) is 0 Å². The molecule has 0 aliphatic carbocycles. The molecular formula is C27H34FN3O5S. The molecule has 3 atom stereocenters. The average Bonchev–Trinajstić information content (AvgIpc) is 2.85. The first-order valence-corrected chi connectivity index (χ1v) is 13.5. The number of rotatable bonds is 6. The van der Waals surface area contributed by atoms with Crippen molar-refractivity contribution in [3.8, 4) is 17.6 Å². The van der Waals surface area contributed by atoms with Crippen LogP contribution < -0.4 is 4.74 Å². The van der Waals surface area contributed by atoms with Gasteiger partial charge in [0.15, 0.2) is 0 Å². The van der Waals surface area contributed by atoms with E-state index in [0.29, 0.717) is 12.1 Å². The van der Waals surface area contributed by atoms with Gasteiger partial charge >= 0.3 is 0 Å². The lowest BCUT2D eigenvalue weighted by molar-refractivity contribution is 0.0560. The number of benzene rings is 2. The second-order valence-electron chi connectivity index (χ2n) is 9.61. The summed E-state index contributed by atoms with van der Waals surface area (Å²) in [5.74, 6) is 4.67. The quantitative estimate of drug-likeness (QED) is 0.576. The molecule has 8 nitrogen and oxygen atoms in total. The third kappa shape index (κ3) is 6.67. The Morgan fingerprint density at radius 2 is 1.95 bits per heavy atom. The van der Waals surface area contributed by atoms with Crippen molar-refractivity contribution < 1.29 is 27.4 Å². The maximum absolute atomic E-state index is 14.2. The number of halogens is 1. The average molecular weight is 532 g/mol. The van der Waals surface area contributed by atoms with E-state index in [1.165, 1.54) is 33.5 Å². The molecule has 37 heavy (non-hydrogen) atoms. The van der Waals surface area contributed by atoms with Gasteiger partial charge in [-0.3, -0.25) is 9.69 Å². The number of fused-ring (bicyclic) bond motifs is 1. The van der Waals surface area contributed by atoms with E-state index in [2.05, 4.69) is 11.8 Å². The van der Waals surface area contributed by atoms with Crippen LogP contribution in [0.1, 0.15) is 29.8 Å². The number of sulfonamides is 1. The van der Waals surface area contributed by atoms with E-state index in [9.17, 15) is 22.7 Å². The molecule has 2 aromatic carbocycles. The summed E-state index contributed by atoms with van der Waals surface area (Å²) in [6.07, 6.45) is -0.617. The number of hydrogen-bond acceptors (Lipinski definition) is 6. The van der Waals surface area contributed by atoms with Gasteiger partial charge in [0, 0.05) is 31.1 Å². The lowest BCUT2D eigenvalue weighted by Crippen LogP contribution is -2.50. The SMILES string of the molecule is C[C@@H]1CN([C@H](C)CO)S(=O)(=O)c2ccc(C#CCN(C)C)cc2O[C@@H]1CN(C)C(=O)c1ccccc1F. The van der Waals surface area contributed by atoms with Crippen LogP contribution in [0.15, 0.2) is 47.4 Å². The third-order valence-electron chi connectivity index (χ3n) is 6.20. The Balaban J connectivity index is 2.01. The van der Waals surface area contributed by atoms with Gasteiger partial charge in [-0.05, 0) is 51.4 Å². The number of carbonyl (C=O) groups is 1. The van der Waals surface area contributed by atoms with Gasteiger partial charge in [0.1, 0.15) is 22.6 Å². The van der Waals surface area contributed by atoms with E-state index in [1.807, 2.05) is 25.9 Å². The molecule has 1 aliphatic rings. The molecule has 1 aliphatic heterocycles. The summed E-state index contributed by atoms with van der Waals surface area (Å²) in [5, 5.41) is 9.79. The van der Waals surface area contributed by atoms with E-state index in [4.69, 9.17) is 4.74 Å². The third-order valence-corrected chi connectivity index (χ3v) is 8.22. The Morgan fingerprint density at radius 3 is 2.59 bits per heavy atom. The van der Waals surface area contributed by atoms with Crippen molar-refractivity contribution in [2.75, 3.05) is 47.4 Å². The van der Waals surface area contributed by atoms with Gasteiger partial charge in [0.05, 0.1) is 25.3 Å². The van der Waals surface area contributed by atoms with Crippen LogP contribution in [0.3, 0.4) is 0 Å². The largest absolute Gasteiger partial charge is 0.487 e. The van der Waals surface area contributed by atoms with Gasteiger partial charge in [-0.2, -0.15) is 4.31 Å². The minimum absolute atomic E-state index is 0.0362. The van der Waals surface area contributed by atoms with Crippen molar-refractivity contribution in [2.24, 2.45) is 5.92 Å². The lowest BCUT2D eigenvalue weighted by Gasteiger charge is -2.37. The molecular weight excluding hydrogens is 497 g/mol. The fraction of sp³-hybridized carbons (Fsp3) is 0.444. The van der Waals surface area contributed by atoms with Crippen LogP contribution in [0, 0.1) is 23.6 Å². The second kappa shape index (κ2) is 12.0. The summed E-state index contributed by atoms with van der Waals surface area (Å²) >= 11 is 0. The number of nitrogens with zero attached hydrogens (tertiary/aromatic N) is 3. The van der Waals surface area contributed by atoms with E-state index in [0.717, 1.165) is 0 Å². The first-order valence-electron chi connectivity index (χ1n) is 12.0. The molecule has 0 aromatic heterocycles. The second-order valence-corrected chi connectivity index (χ2v) is 11.5. The summed E-state index contributed by atoms with van der Waals surface area (Å²) in [6, 6.07) is 9.75. The fourth-order valence-electron chi connectivity index (χ4n) is 4.01. The molecule has 0 bridgehead atoms. The number of carbonyl (C=O) groups excluding carboxylic acids is 1. The number of ether oxygens (including phenoxy) is 1. The highest BCUT2D eigenvalue weighted by Crippen LogP contribution is 2.34. The van der Waals surface area contributed by atoms with Crippen LogP contribution in [0.4, 0.5) is 4.39 Å². The van der Waals surface area contributed by atoms with Crippen LogP contribution in [-0.2, 0) is 10.0 Å². The van der Waals surface area contributed by atoms with Crippen molar-refractivity contribution >= 4 is 15.9 Å². The Morgan fingerprint density at radius 1 is 1.24 bits per heavy atom. The summed E-state index contributed by atoms with van der Waals surface area (Å²) in [5.41, 5.74) is 0.528. The lowest BCUT2D eigenvalue weighted by atomic mass is 10.0. The van der Waals surface area contributed by atoms with Crippen molar-refractivity contribution in [3.05, 3.63) is 59.4 Å². The summed E-state index contributed by atoms with van der Waals surface area (Å²) in [4.78, 5) is 16.2. The Labute approximate surface area is 218 Å². The van der Waals surface area contributed by atoms with Gasteiger partial charge in [0.25, 0.3) is 5.91 Å². The maximum Gasteiger partial charge on any atom is 0.256 e. The highest BCUT2D eigenvalue weighted by atomic mass is 32.2. The van der Waals surface area contributed by atoms with Crippen molar-refractivity contribution in [1.82, 2.24) is 14.1 Å². The predicted octanol–water partition coefficient (Wildman–Crippen LogP) is 2.28. The monoisotopic (exact) mass is 531 g/mol. The highest BCUT2D eigenvalue weighted by Gasteiger charge is 2.38. The van der Waals surface area contributed by atoms with Gasteiger partial charge in [-0.25, -0.2) is 12.8 Å². The Kier molecular flexibility index (Phi) is 9.31. The number of amides is 1. The molecule has 1 heterocycles. The molecule has 0 saturated heterocycles. The molecule has 3 rings (SSSR count). The standard InChI is InChI=1S/C27H34FN3O5S/c1-19-16-31(20(2)18-32)37(34,35)26-13-12-21(9-8-14-29(3)4)15-24(26)36-25(19)17-30(5)27(33)22-10-6-7-11-23(22)28/h6-7,10-13,15,19-20,25,32H,14,16-18H2,1-5H3/t19-,20-,25-/m1/s1. The van der Waals surface area contributed by atoms with Crippen LogP contribution in [-0.4, -0.2) is 93.1 Å². The Bertz CT molecular complexity index is 1290. The van der Waals surface area contributed by atoms with Gasteiger partial charge in [-0.15, -0.1) is 0 Å².